The third-order valence-electron chi connectivity index (χ3n) is 6.88. The summed E-state index contributed by atoms with van der Waals surface area (Å²) in [4.78, 5) is 28.7. The first-order chi connectivity index (χ1) is 20.4. The molecular formula is C33H35BrF2N2O4. The molecule has 0 saturated heterocycles. The Bertz CT molecular complexity index is 1570. The van der Waals surface area contributed by atoms with Crippen molar-refractivity contribution in [2.24, 2.45) is 0 Å². The zero-order valence-electron chi connectivity index (χ0n) is 23.9. The molecule has 0 bridgehead atoms. The van der Waals surface area contributed by atoms with Crippen molar-refractivity contribution in [1.82, 2.24) is 4.57 Å². The van der Waals surface area contributed by atoms with Gasteiger partial charge in [-0.15, -0.1) is 0 Å². The van der Waals surface area contributed by atoms with Crippen molar-refractivity contribution in [1.29, 1.82) is 0 Å². The van der Waals surface area contributed by atoms with Crippen LogP contribution in [0.1, 0.15) is 56.3 Å². The van der Waals surface area contributed by atoms with E-state index >= 15 is 0 Å². The van der Waals surface area contributed by atoms with Gasteiger partial charge in [-0.3, -0.25) is 9.59 Å². The predicted octanol–water partition coefficient (Wildman–Crippen LogP) is 8.06. The van der Waals surface area contributed by atoms with Crippen LogP contribution in [0.15, 0.2) is 71.7 Å². The number of hydrogen-bond donors (Lipinski definition) is 0. The first kappa shape index (κ1) is 31.2. The summed E-state index contributed by atoms with van der Waals surface area (Å²) in [6.45, 7) is 4.69. The lowest BCUT2D eigenvalue weighted by molar-refractivity contribution is 0.0987. The highest BCUT2D eigenvalue weighted by molar-refractivity contribution is 9.09. The number of fused-ring (bicyclic) bond motifs is 1. The van der Waals surface area contributed by atoms with Crippen molar-refractivity contribution in [2.45, 2.75) is 46.0 Å². The van der Waals surface area contributed by atoms with Crippen LogP contribution < -0.4 is 19.8 Å². The largest absolute Gasteiger partial charge is 0.494 e. The molecule has 0 aliphatic rings. The maximum atomic E-state index is 14.0. The minimum atomic E-state index is -0.814. The molecule has 222 valence electrons. The first-order valence-electron chi connectivity index (χ1n) is 14.3. The number of ether oxygens (including phenoxy) is 2. The summed E-state index contributed by atoms with van der Waals surface area (Å²) in [7, 11) is 0. The van der Waals surface area contributed by atoms with Gasteiger partial charge in [0.25, 0.3) is 5.91 Å². The van der Waals surface area contributed by atoms with Crippen LogP contribution >= 0.6 is 15.9 Å². The van der Waals surface area contributed by atoms with Crippen LogP contribution in [-0.2, 0) is 0 Å². The number of carbonyl (C=O) groups is 1. The molecule has 0 spiro atoms. The van der Waals surface area contributed by atoms with Gasteiger partial charge in [-0.05, 0) is 63.1 Å². The Morgan fingerprint density at radius 1 is 0.881 bits per heavy atom. The Hall–Kier alpha value is -3.72. The minimum absolute atomic E-state index is 0.0281. The second-order valence-corrected chi connectivity index (χ2v) is 10.6. The number of unbranched alkanes of at least 4 members (excludes halogenated alkanes) is 4. The van der Waals surface area contributed by atoms with Gasteiger partial charge in [0.1, 0.15) is 28.7 Å². The molecule has 6 nitrogen and oxygen atoms in total. The van der Waals surface area contributed by atoms with E-state index in [0.717, 1.165) is 49.2 Å². The molecule has 0 aliphatic carbocycles. The summed E-state index contributed by atoms with van der Waals surface area (Å²) in [5, 5.41) is 1.33. The van der Waals surface area contributed by atoms with Crippen LogP contribution in [0.3, 0.4) is 0 Å². The molecule has 4 rings (SSSR count). The SMILES string of the molecule is CCOc1cccc(-n2cc(C(=O)N(CC)c3cc(F)cc(F)c3)c(=O)c3ccc(OCCCCCCCBr)cc32)c1. The Labute approximate surface area is 253 Å². The summed E-state index contributed by atoms with van der Waals surface area (Å²) in [6, 6.07) is 15.4. The van der Waals surface area contributed by atoms with Crippen LogP contribution in [0.2, 0.25) is 0 Å². The summed E-state index contributed by atoms with van der Waals surface area (Å²) in [5.74, 6) is -1.05. The molecule has 0 atom stereocenters. The van der Waals surface area contributed by atoms with E-state index in [4.69, 9.17) is 9.47 Å². The summed E-state index contributed by atoms with van der Waals surface area (Å²) in [6.07, 6.45) is 6.96. The number of aromatic nitrogens is 1. The third-order valence-corrected chi connectivity index (χ3v) is 7.44. The molecule has 1 amide bonds. The number of carbonyl (C=O) groups excluding carboxylic acids is 1. The van der Waals surface area contributed by atoms with Crippen molar-refractivity contribution in [3.63, 3.8) is 0 Å². The highest BCUT2D eigenvalue weighted by Gasteiger charge is 2.23. The standard InChI is InChI=1S/C33H35BrF2N2O4/c1-3-37(26-18-23(35)17-24(36)19-26)33(40)30-22-38(25-11-10-12-27(20-25)41-4-2)31-21-28(13-14-29(31)32(30)39)42-16-9-7-5-6-8-15-34/h10-14,17-22H,3-9,15-16H2,1-2H3. The molecule has 9 heteroatoms. The molecule has 0 N–H and O–H groups in total. The monoisotopic (exact) mass is 640 g/mol. The van der Waals surface area contributed by atoms with E-state index in [1.165, 1.54) is 17.5 Å². The summed E-state index contributed by atoms with van der Waals surface area (Å²) >= 11 is 3.46. The number of alkyl halides is 1. The van der Waals surface area contributed by atoms with E-state index in [2.05, 4.69) is 15.9 Å². The quantitative estimate of drug-likeness (QED) is 0.103. The number of rotatable bonds is 14. The number of pyridine rings is 1. The number of nitrogens with zero attached hydrogens (tertiary/aromatic N) is 2. The predicted molar refractivity (Wildman–Crippen MR) is 167 cm³/mol. The molecule has 1 aromatic heterocycles. The Kier molecular flexibility index (Phi) is 11.1. The lowest BCUT2D eigenvalue weighted by atomic mass is 10.1. The van der Waals surface area contributed by atoms with E-state index in [0.29, 0.717) is 41.3 Å². The maximum absolute atomic E-state index is 14.0. The molecule has 1 heterocycles. The van der Waals surface area contributed by atoms with Gasteiger partial charge in [-0.25, -0.2) is 8.78 Å². The fraction of sp³-hybridized carbons (Fsp3) is 0.333. The normalized spacial score (nSPS) is 11.1. The number of halogens is 3. The minimum Gasteiger partial charge on any atom is -0.494 e. The summed E-state index contributed by atoms with van der Waals surface area (Å²) in [5.41, 5.74) is 0.637. The van der Waals surface area contributed by atoms with Gasteiger partial charge in [-0.1, -0.05) is 41.3 Å². The third kappa shape index (κ3) is 7.56. The molecule has 4 aromatic rings. The average molecular weight is 642 g/mol. The van der Waals surface area contributed by atoms with E-state index in [9.17, 15) is 18.4 Å². The topological polar surface area (TPSA) is 60.8 Å². The zero-order chi connectivity index (χ0) is 30.1. The van der Waals surface area contributed by atoms with E-state index in [1.807, 2.05) is 31.2 Å². The number of amides is 1. The summed E-state index contributed by atoms with van der Waals surface area (Å²) < 4.78 is 41.5. The Balaban J connectivity index is 1.76. The first-order valence-corrected chi connectivity index (χ1v) is 15.4. The Morgan fingerprint density at radius 2 is 1.60 bits per heavy atom. The fourth-order valence-corrected chi connectivity index (χ4v) is 5.25. The Morgan fingerprint density at radius 3 is 2.31 bits per heavy atom. The van der Waals surface area contributed by atoms with Crippen LogP contribution in [0.4, 0.5) is 14.5 Å². The zero-order valence-corrected chi connectivity index (χ0v) is 25.5. The van der Waals surface area contributed by atoms with Gasteiger partial charge in [0.2, 0.25) is 5.43 Å². The van der Waals surface area contributed by atoms with Crippen molar-refractivity contribution in [2.75, 3.05) is 30.0 Å². The van der Waals surface area contributed by atoms with Gasteiger partial charge in [0.15, 0.2) is 0 Å². The van der Waals surface area contributed by atoms with Crippen molar-refractivity contribution in [3.05, 3.63) is 94.3 Å². The second-order valence-electron chi connectivity index (χ2n) is 9.83. The van der Waals surface area contributed by atoms with Crippen molar-refractivity contribution < 1.29 is 23.0 Å². The van der Waals surface area contributed by atoms with Gasteiger partial charge in [0, 0.05) is 53.0 Å². The molecule has 3 aromatic carbocycles. The lowest BCUT2D eigenvalue weighted by Crippen LogP contribution is -2.35. The van der Waals surface area contributed by atoms with E-state index < -0.39 is 23.0 Å². The fourth-order valence-electron chi connectivity index (χ4n) is 4.85. The van der Waals surface area contributed by atoms with Gasteiger partial charge in [0.05, 0.1) is 18.7 Å². The van der Waals surface area contributed by atoms with Crippen molar-refractivity contribution in [3.8, 4) is 17.2 Å². The second kappa shape index (κ2) is 15.0. The molecule has 0 fully saturated rings. The molecule has 0 aliphatic heterocycles. The van der Waals surface area contributed by atoms with Gasteiger partial charge < -0.3 is 18.9 Å². The maximum Gasteiger partial charge on any atom is 0.263 e. The lowest BCUT2D eigenvalue weighted by Gasteiger charge is -2.22. The average Bonchev–Trinajstić information content (AvgIpc) is 2.97. The number of hydrogen-bond acceptors (Lipinski definition) is 4. The number of benzene rings is 3. The van der Waals surface area contributed by atoms with E-state index in [-0.39, 0.29) is 17.8 Å². The molecular weight excluding hydrogens is 606 g/mol. The van der Waals surface area contributed by atoms with Crippen LogP contribution in [0.25, 0.3) is 16.6 Å². The molecule has 0 unspecified atom stereocenters. The van der Waals surface area contributed by atoms with Gasteiger partial charge in [-0.2, -0.15) is 0 Å². The van der Waals surface area contributed by atoms with E-state index in [1.54, 1.807) is 29.7 Å². The molecule has 42 heavy (non-hydrogen) atoms. The molecule has 0 saturated carbocycles. The molecule has 0 radical (unpaired) electrons. The highest BCUT2D eigenvalue weighted by Crippen LogP contribution is 2.27. The van der Waals surface area contributed by atoms with Crippen LogP contribution in [0.5, 0.6) is 11.5 Å². The number of anilines is 1. The van der Waals surface area contributed by atoms with Crippen LogP contribution in [0, 0.1) is 11.6 Å². The van der Waals surface area contributed by atoms with Crippen LogP contribution in [-0.4, -0.2) is 35.6 Å². The van der Waals surface area contributed by atoms with Gasteiger partial charge >= 0.3 is 0 Å². The van der Waals surface area contributed by atoms with Crippen molar-refractivity contribution >= 4 is 38.4 Å². The highest BCUT2D eigenvalue weighted by atomic mass is 79.9. The smallest absolute Gasteiger partial charge is 0.263 e.